The molecule has 81 heavy (non-hydrogen) atoms. The first-order chi connectivity index (χ1) is 37.9. The number of rotatable bonds is 36. The van der Waals surface area contributed by atoms with Gasteiger partial charge in [-0.1, -0.05) is 46.2 Å². The Morgan fingerprint density at radius 2 is 1.10 bits per heavy atom. The Morgan fingerprint density at radius 1 is 0.617 bits per heavy atom. The topological polar surface area (TPSA) is 521 Å². The Balaban J connectivity index is 2.44. The van der Waals surface area contributed by atoms with Crippen LogP contribution in [0.1, 0.15) is 110 Å². The highest BCUT2D eigenvalue weighted by molar-refractivity contribution is 5.99. The number of nitrogens with zero attached hydrogens (tertiary/aromatic N) is 2. The predicted octanol–water partition coefficient (Wildman–Crippen LogP) is -3.44. The number of phenols is 1. The fourth-order valence-electron chi connectivity index (χ4n) is 8.36. The maximum Gasteiger partial charge on any atom is 0.326 e. The van der Waals surface area contributed by atoms with Gasteiger partial charge in [-0.05, 0) is 80.9 Å². The monoisotopic (exact) mass is 1150 g/mol. The second-order valence-corrected chi connectivity index (χ2v) is 19.9. The molecule has 0 radical (unpaired) electrons. The number of hydrogen-bond acceptors (Lipinski definition) is 16. The molecule has 19 N–H and O–H groups in total. The minimum atomic E-state index is -1.87. The molecule has 0 saturated carbocycles. The van der Waals surface area contributed by atoms with E-state index in [1.165, 1.54) is 31.2 Å². The third-order valence-electron chi connectivity index (χ3n) is 12.8. The van der Waals surface area contributed by atoms with E-state index in [-0.39, 0.29) is 75.7 Å². The average molecular weight is 1150 g/mol. The van der Waals surface area contributed by atoms with Gasteiger partial charge in [0.25, 0.3) is 0 Å². The van der Waals surface area contributed by atoms with Crippen molar-refractivity contribution < 1.29 is 93.0 Å². The molecule has 0 aromatic heterocycles. The number of carboxylic acid groups (broad SMARTS) is 5. The molecule has 1 aromatic carbocycles. The molecule has 1 fully saturated rings. The van der Waals surface area contributed by atoms with E-state index in [2.05, 4.69) is 42.2 Å². The van der Waals surface area contributed by atoms with E-state index < -0.39 is 176 Å². The van der Waals surface area contributed by atoms with Gasteiger partial charge in [-0.15, -0.1) is 0 Å². The maximum absolute atomic E-state index is 14.3. The molecule has 450 valence electrons. The molecule has 31 nitrogen and oxygen atoms in total. The molecule has 8 amide bonds. The number of hydrogen-bond donors (Lipinski definition) is 16. The zero-order chi connectivity index (χ0) is 61.3. The number of nitrogens with two attached hydrogens (primary N) is 3. The van der Waals surface area contributed by atoms with E-state index in [4.69, 9.17) is 17.2 Å². The Morgan fingerprint density at radius 3 is 1.62 bits per heavy atom. The van der Waals surface area contributed by atoms with Crippen molar-refractivity contribution in [1.82, 2.24) is 42.1 Å². The smallest absolute Gasteiger partial charge is 0.326 e. The van der Waals surface area contributed by atoms with Crippen LogP contribution in [0.15, 0.2) is 29.3 Å². The molecule has 1 heterocycles. The van der Waals surface area contributed by atoms with E-state index in [9.17, 15) is 93.0 Å². The van der Waals surface area contributed by atoms with Crippen LogP contribution in [0.3, 0.4) is 0 Å². The van der Waals surface area contributed by atoms with Crippen LogP contribution in [0.4, 0.5) is 0 Å². The third kappa shape index (κ3) is 24.5. The number of guanidine groups is 1. The van der Waals surface area contributed by atoms with E-state index in [1.807, 2.05) is 0 Å². The largest absolute Gasteiger partial charge is 0.508 e. The maximum atomic E-state index is 14.3. The van der Waals surface area contributed by atoms with Gasteiger partial charge in [-0.2, -0.15) is 0 Å². The van der Waals surface area contributed by atoms with Crippen LogP contribution in [0.25, 0.3) is 0 Å². The van der Waals surface area contributed by atoms with Crippen molar-refractivity contribution in [2.45, 2.75) is 166 Å². The lowest BCUT2D eigenvalue weighted by Gasteiger charge is -2.30. The first kappa shape index (κ1) is 68.5. The summed E-state index contributed by atoms with van der Waals surface area (Å²) in [6.07, 6.45) is -4.69. The zero-order valence-corrected chi connectivity index (χ0v) is 45.4. The molecule has 0 spiro atoms. The quantitative estimate of drug-likeness (QED) is 0.0177. The van der Waals surface area contributed by atoms with Gasteiger partial charge in [-0.3, -0.25) is 62.5 Å². The molecule has 0 bridgehead atoms. The number of phenolic OH excluding ortho intramolecular Hbond substituents is 1. The fraction of sp³-hybridized carbons (Fsp3) is 0.600. The van der Waals surface area contributed by atoms with Crippen molar-refractivity contribution >= 4 is 83.1 Å². The Bertz CT molecular complexity index is 2450. The number of benzene rings is 1. The van der Waals surface area contributed by atoms with E-state index in [0.29, 0.717) is 5.56 Å². The summed E-state index contributed by atoms with van der Waals surface area (Å²) >= 11 is 0. The van der Waals surface area contributed by atoms with Gasteiger partial charge in [0.15, 0.2) is 5.96 Å². The van der Waals surface area contributed by atoms with Crippen LogP contribution in [0.2, 0.25) is 0 Å². The van der Waals surface area contributed by atoms with E-state index in [1.54, 1.807) is 20.8 Å². The summed E-state index contributed by atoms with van der Waals surface area (Å²) in [6.45, 7) is 6.34. The molecular formula is C50H76N12O19. The van der Waals surface area contributed by atoms with E-state index >= 15 is 0 Å². The van der Waals surface area contributed by atoms with Crippen molar-refractivity contribution in [2.75, 3.05) is 13.1 Å². The Kier molecular flexibility index (Phi) is 28.5. The highest BCUT2D eigenvalue weighted by Crippen LogP contribution is 2.21. The first-order valence-electron chi connectivity index (χ1n) is 26.1. The van der Waals surface area contributed by atoms with Gasteiger partial charge in [0.1, 0.15) is 54.1 Å². The summed E-state index contributed by atoms with van der Waals surface area (Å²) in [5.74, 6) is -17.3. The molecule has 1 aliphatic rings. The van der Waals surface area contributed by atoms with Crippen molar-refractivity contribution in [1.29, 1.82) is 0 Å². The number of aliphatic imine (C=N–C) groups is 1. The van der Waals surface area contributed by atoms with Crippen LogP contribution in [0, 0.1) is 11.8 Å². The molecule has 1 aromatic rings. The average Bonchev–Trinajstić information content (AvgIpc) is 3.91. The van der Waals surface area contributed by atoms with Gasteiger partial charge in [0.05, 0.1) is 18.9 Å². The van der Waals surface area contributed by atoms with Gasteiger partial charge < -0.3 is 90.0 Å². The van der Waals surface area contributed by atoms with Gasteiger partial charge in [0, 0.05) is 25.9 Å². The Hall–Kier alpha value is -8.64. The second-order valence-electron chi connectivity index (χ2n) is 19.9. The lowest BCUT2D eigenvalue weighted by molar-refractivity contribution is -0.147. The predicted molar refractivity (Wildman–Crippen MR) is 283 cm³/mol. The lowest BCUT2D eigenvalue weighted by atomic mass is 9.96. The molecule has 0 aliphatic carbocycles. The number of carbonyl (C=O) groups excluding carboxylic acids is 8. The molecule has 31 heteroatoms. The number of carboxylic acids is 5. The van der Waals surface area contributed by atoms with Crippen LogP contribution < -0.4 is 54.4 Å². The summed E-state index contributed by atoms with van der Waals surface area (Å²) in [7, 11) is 0. The van der Waals surface area contributed by atoms with Gasteiger partial charge in [0.2, 0.25) is 47.3 Å². The molecular weight excluding hydrogens is 1070 g/mol. The second kappa shape index (κ2) is 33.7. The fourth-order valence-corrected chi connectivity index (χ4v) is 8.36. The van der Waals surface area contributed by atoms with Crippen molar-refractivity contribution in [2.24, 2.45) is 34.0 Å². The number of carbonyl (C=O) groups is 13. The molecule has 10 atom stereocenters. The van der Waals surface area contributed by atoms with Crippen molar-refractivity contribution in [3.8, 4) is 5.75 Å². The van der Waals surface area contributed by atoms with Crippen LogP contribution >= 0.6 is 0 Å². The third-order valence-corrected chi connectivity index (χ3v) is 12.8. The molecule has 2 rings (SSSR count). The van der Waals surface area contributed by atoms with Crippen LogP contribution in [0.5, 0.6) is 5.75 Å². The number of aromatic hydroxyl groups is 1. The number of aliphatic carboxylic acids is 5. The Labute approximate surface area is 465 Å². The van der Waals surface area contributed by atoms with Crippen molar-refractivity contribution in [3.63, 3.8) is 0 Å². The summed E-state index contributed by atoms with van der Waals surface area (Å²) < 4.78 is 0. The standard InChI is InChI=1S/C50H76N12O19/c1-5-25(4)40(47(78)57-29(8-6-18-54-50(52)53)42(73)58-32(20-24(2)3)45(76)60-34(49(80)81)23-39(70)71)61-44(75)31(15-17-37(66)67)55-43(74)30(14-16-36(64)65)56-46(77)35-9-7-19-62(35)48(79)33(22-38(68)69)59-41(72)28(51)21-26-10-12-27(63)13-11-26/h10-13,24-25,28-35,40,63H,5-9,14-23,51H2,1-4H3,(H,55,74)(H,56,77)(H,57,78)(H,58,73)(H,59,72)(H,60,76)(H,61,75)(H,64,65)(H,66,67)(H,68,69)(H,70,71)(H,80,81)(H4,52,53,54)/t25-,28-,29-,30-,31-,32-,33-,34-,35-,40-/m0/s1. The molecule has 1 saturated heterocycles. The summed E-state index contributed by atoms with van der Waals surface area (Å²) in [6, 6.07) is -8.68. The summed E-state index contributed by atoms with van der Waals surface area (Å²) in [5.41, 5.74) is 17.5. The number of amides is 8. The van der Waals surface area contributed by atoms with Crippen LogP contribution in [-0.2, 0) is 68.7 Å². The van der Waals surface area contributed by atoms with Gasteiger partial charge >= 0.3 is 29.8 Å². The normalized spacial score (nSPS) is 16.2. The highest BCUT2D eigenvalue weighted by atomic mass is 16.4. The summed E-state index contributed by atoms with van der Waals surface area (Å²) in [4.78, 5) is 174. The number of nitrogens with one attached hydrogen (secondary N) is 7. The lowest BCUT2D eigenvalue weighted by Crippen LogP contribution is -2.61. The van der Waals surface area contributed by atoms with Gasteiger partial charge in [-0.25, -0.2) is 4.79 Å². The minimum absolute atomic E-state index is 0.0395. The zero-order valence-electron chi connectivity index (χ0n) is 45.4. The van der Waals surface area contributed by atoms with Crippen molar-refractivity contribution in [3.05, 3.63) is 29.8 Å². The first-order valence-corrected chi connectivity index (χ1v) is 26.1. The van der Waals surface area contributed by atoms with E-state index in [0.717, 1.165) is 4.90 Å². The minimum Gasteiger partial charge on any atom is -0.508 e. The number of likely N-dealkylation sites (tertiary alicyclic amines) is 1. The molecule has 1 aliphatic heterocycles. The summed E-state index contributed by atoms with van der Waals surface area (Å²) in [5, 5.41) is 73.8. The SMILES string of the molecule is CC[C@H](C)[C@H](NC(=O)[C@H](CCC(=O)O)NC(=O)[C@H](CCC(=O)O)NC(=O)[C@@H]1CCCN1C(=O)[C@H](CC(=O)O)NC(=O)[C@@H](N)Cc1ccc(O)cc1)C(=O)N[C@@H](CCCN=C(N)N)C(=O)N[C@@H](CC(C)C)C(=O)N[C@@H](CC(=O)O)C(=O)O. The molecule has 0 unspecified atom stereocenters. The highest BCUT2D eigenvalue weighted by Gasteiger charge is 2.41. The van der Waals surface area contributed by atoms with Crippen LogP contribution in [-0.4, -0.2) is 186 Å².